The fraction of sp³-hybridized carbons (Fsp3) is 0.562. The van der Waals surface area contributed by atoms with Crippen LogP contribution < -0.4 is 4.74 Å². The smallest absolute Gasteiger partial charge is 0.304 e. The summed E-state index contributed by atoms with van der Waals surface area (Å²) in [5.74, 6) is 0.129. The van der Waals surface area contributed by atoms with E-state index in [1.165, 1.54) is 0 Å². The van der Waals surface area contributed by atoms with Crippen molar-refractivity contribution in [1.29, 1.82) is 0 Å². The van der Waals surface area contributed by atoms with Crippen molar-refractivity contribution in [2.24, 2.45) is 0 Å². The Balaban J connectivity index is 1.71. The predicted molar refractivity (Wildman–Crippen MR) is 74.1 cm³/mol. The van der Waals surface area contributed by atoms with Gasteiger partial charge in [0.2, 0.25) is 0 Å². The number of rotatable bonds is 5. The third kappa shape index (κ3) is 2.96. The number of carboxylic acid groups (broad SMARTS) is 1. The number of carbonyl (C=O) groups is 1. The highest BCUT2D eigenvalue weighted by molar-refractivity contribution is 5.70. The van der Waals surface area contributed by atoms with Crippen LogP contribution in [0.5, 0.6) is 5.75 Å². The molecule has 1 aromatic carbocycles. The Morgan fingerprint density at radius 1 is 1.35 bits per heavy atom. The summed E-state index contributed by atoms with van der Waals surface area (Å²) < 4.78 is 11.3. The summed E-state index contributed by atoms with van der Waals surface area (Å²) in [5.41, 5.74) is 0.949. The molecule has 2 fully saturated rings. The summed E-state index contributed by atoms with van der Waals surface area (Å²) in [6.45, 7) is 1.51. The van der Waals surface area contributed by atoms with Gasteiger partial charge in [-0.3, -0.25) is 4.79 Å². The molecule has 0 unspecified atom stereocenters. The summed E-state index contributed by atoms with van der Waals surface area (Å²) in [4.78, 5) is 11.0. The maximum Gasteiger partial charge on any atom is 0.304 e. The number of benzene rings is 1. The summed E-state index contributed by atoms with van der Waals surface area (Å²) in [6, 6.07) is 7.96. The fourth-order valence-electron chi connectivity index (χ4n) is 2.89. The third-order valence-electron chi connectivity index (χ3n) is 4.26. The molecule has 4 nitrogen and oxygen atoms in total. The van der Waals surface area contributed by atoms with E-state index in [1.807, 2.05) is 24.3 Å². The Labute approximate surface area is 118 Å². The SMILES string of the molecule is O=C(O)CC1(c2cccc(OC3CCOCC3)c2)CC1. The lowest BCUT2D eigenvalue weighted by molar-refractivity contribution is -0.137. The van der Waals surface area contributed by atoms with E-state index in [-0.39, 0.29) is 17.9 Å². The minimum absolute atomic E-state index is 0.152. The van der Waals surface area contributed by atoms with Crippen LogP contribution in [0, 0.1) is 0 Å². The van der Waals surface area contributed by atoms with Gasteiger partial charge in [0.05, 0.1) is 19.6 Å². The van der Waals surface area contributed by atoms with Crippen molar-refractivity contribution in [3.05, 3.63) is 29.8 Å². The largest absolute Gasteiger partial charge is 0.490 e. The number of hydrogen-bond donors (Lipinski definition) is 1. The molecule has 3 rings (SSSR count). The van der Waals surface area contributed by atoms with Crippen molar-refractivity contribution < 1.29 is 19.4 Å². The van der Waals surface area contributed by atoms with E-state index < -0.39 is 5.97 Å². The van der Waals surface area contributed by atoms with Crippen molar-refractivity contribution in [1.82, 2.24) is 0 Å². The van der Waals surface area contributed by atoms with Crippen LogP contribution in [-0.2, 0) is 14.9 Å². The van der Waals surface area contributed by atoms with Crippen LogP contribution >= 0.6 is 0 Å². The van der Waals surface area contributed by atoms with Gasteiger partial charge in [0, 0.05) is 18.3 Å². The number of ether oxygens (including phenoxy) is 2. The average molecular weight is 276 g/mol. The molecule has 20 heavy (non-hydrogen) atoms. The van der Waals surface area contributed by atoms with Gasteiger partial charge in [0.15, 0.2) is 0 Å². The fourth-order valence-corrected chi connectivity index (χ4v) is 2.89. The quantitative estimate of drug-likeness (QED) is 0.898. The summed E-state index contributed by atoms with van der Waals surface area (Å²) >= 11 is 0. The molecule has 0 radical (unpaired) electrons. The molecule has 4 heteroatoms. The van der Waals surface area contributed by atoms with Crippen LogP contribution in [0.2, 0.25) is 0 Å². The zero-order valence-electron chi connectivity index (χ0n) is 11.5. The van der Waals surface area contributed by atoms with E-state index in [9.17, 15) is 4.79 Å². The maximum atomic E-state index is 11.0. The van der Waals surface area contributed by atoms with Gasteiger partial charge in [-0.1, -0.05) is 12.1 Å². The summed E-state index contributed by atoms with van der Waals surface area (Å²) in [5, 5.41) is 9.04. The molecule has 1 heterocycles. The molecule has 2 aliphatic rings. The van der Waals surface area contributed by atoms with Crippen LogP contribution in [0.25, 0.3) is 0 Å². The molecule has 1 aliphatic heterocycles. The molecule has 0 bridgehead atoms. The Morgan fingerprint density at radius 3 is 2.75 bits per heavy atom. The highest BCUT2D eigenvalue weighted by Crippen LogP contribution is 2.51. The van der Waals surface area contributed by atoms with Crippen LogP contribution in [-0.4, -0.2) is 30.4 Å². The maximum absolute atomic E-state index is 11.0. The molecular weight excluding hydrogens is 256 g/mol. The van der Waals surface area contributed by atoms with Crippen molar-refractivity contribution in [3.63, 3.8) is 0 Å². The van der Waals surface area contributed by atoms with Gasteiger partial charge >= 0.3 is 5.97 Å². The second kappa shape index (κ2) is 5.44. The van der Waals surface area contributed by atoms with E-state index in [0.29, 0.717) is 0 Å². The summed E-state index contributed by atoms with van der Waals surface area (Å²) in [7, 11) is 0. The minimum atomic E-state index is -0.724. The first-order valence-corrected chi connectivity index (χ1v) is 7.25. The second-order valence-corrected chi connectivity index (χ2v) is 5.81. The molecule has 0 spiro atoms. The van der Waals surface area contributed by atoms with Gasteiger partial charge in [-0.2, -0.15) is 0 Å². The number of aliphatic carboxylic acids is 1. The Bertz CT molecular complexity index is 487. The Hall–Kier alpha value is -1.55. The lowest BCUT2D eigenvalue weighted by atomic mass is 9.92. The summed E-state index contributed by atoms with van der Waals surface area (Å²) in [6.07, 6.45) is 4.19. The lowest BCUT2D eigenvalue weighted by Crippen LogP contribution is -2.26. The lowest BCUT2D eigenvalue weighted by Gasteiger charge is -2.24. The predicted octanol–water partition coefficient (Wildman–Crippen LogP) is 2.75. The van der Waals surface area contributed by atoms with Gasteiger partial charge in [0.1, 0.15) is 11.9 Å². The first kappa shape index (κ1) is 13.4. The third-order valence-corrected chi connectivity index (χ3v) is 4.26. The standard InChI is InChI=1S/C16H20O4/c17-15(18)11-16(6-7-16)12-2-1-3-14(10-12)20-13-4-8-19-9-5-13/h1-3,10,13H,4-9,11H2,(H,17,18). The van der Waals surface area contributed by atoms with E-state index in [0.717, 1.165) is 50.2 Å². The van der Waals surface area contributed by atoms with Gasteiger partial charge in [-0.25, -0.2) is 0 Å². The highest BCUT2D eigenvalue weighted by atomic mass is 16.5. The monoisotopic (exact) mass is 276 g/mol. The molecule has 1 N–H and O–H groups in total. The van der Waals surface area contributed by atoms with Crippen molar-refractivity contribution in [2.75, 3.05) is 13.2 Å². The van der Waals surface area contributed by atoms with Crippen molar-refractivity contribution in [3.8, 4) is 5.75 Å². The van der Waals surface area contributed by atoms with Gasteiger partial charge in [-0.15, -0.1) is 0 Å². The van der Waals surface area contributed by atoms with E-state index >= 15 is 0 Å². The van der Waals surface area contributed by atoms with E-state index in [4.69, 9.17) is 14.6 Å². The van der Waals surface area contributed by atoms with Crippen LogP contribution in [0.15, 0.2) is 24.3 Å². The van der Waals surface area contributed by atoms with Gasteiger partial charge in [0.25, 0.3) is 0 Å². The molecule has 108 valence electrons. The Morgan fingerprint density at radius 2 is 2.10 bits per heavy atom. The molecule has 1 aliphatic carbocycles. The molecule has 1 aromatic rings. The topological polar surface area (TPSA) is 55.8 Å². The van der Waals surface area contributed by atoms with E-state index in [1.54, 1.807) is 0 Å². The number of carboxylic acids is 1. The average Bonchev–Trinajstić information content (AvgIpc) is 3.20. The van der Waals surface area contributed by atoms with Crippen LogP contribution in [0.1, 0.15) is 37.7 Å². The molecule has 1 saturated carbocycles. The zero-order valence-corrected chi connectivity index (χ0v) is 11.5. The Kier molecular flexibility index (Phi) is 3.66. The first-order valence-electron chi connectivity index (χ1n) is 7.25. The minimum Gasteiger partial charge on any atom is -0.490 e. The van der Waals surface area contributed by atoms with Gasteiger partial charge < -0.3 is 14.6 Å². The molecule has 0 amide bonds. The molecule has 0 atom stereocenters. The van der Waals surface area contributed by atoms with Crippen LogP contribution in [0.4, 0.5) is 0 Å². The van der Waals surface area contributed by atoms with Gasteiger partial charge in [-0.05, 0) is 30.5 Å². The molecule has 1 saturated heterocycles. The second-order valence-electron chi connectivity index (χ2n) is 5.81. The van der Waals surface area contributed by atoms with Crippen LogP contribution in [0.3, 0.4) is 0 Å². The van der Waals surface area contributed by atoms with Crippen molar-refractivity contribution in [2.45, 2.75) is 43.6 Å². The highest BCUT2D eigenvalue weighted by Gasteiger charge is 2.46. The number of hydrogen-bond acceptors (Lipinski definition) is 3. The molecule has 0 aromatic heterocycles. The normalized spacial score (nSPS) is 21.4. The zero-order chi connectivity index (χ0) is 14.0. The first-order chi connectivity index (χ1) is 9.68. The van der Waals surface area contributed by atoms with Crippen molar-refractivity contribution >= 4 is 5.97 Å². The molecular formula is C16H20O4. The van der Waals surface area contributed by atoms with E-state index in [2.05, 4.69) is 0 Å².